The van der Waals surface area contributed by atoms with Crippen molar-refractivity contribution in [3.63, 3.8) is 0 Å². The van der Waals surface area contributed by atoms with Gasteiger partial charge in [0.25, 0.3) is 0 Å². The molecule has 0 aliphatic carbocycles. The van der Waals surface area contributed by atoms with Gasteiger partial charge in [0.2, 0.25) is 5.91 Å². The fourth-order valence-electron chi connectivity index (χ4n) is 2.84. The Morgan fingerprint density at radius 1 is 1.25 bits per heavy atom. The van der Waals surface area contributed by atoms with Gasteiger partial charge < -0.3 is 14.6 Å². The second-order valence-electron chi connectivity index (χ2n) is 5.20. The summed E-state index contributed by atoms with van der Waals surface area (Å²) in [5.74, 6) is 0.250. The zero-order chi connectivity index (χ0) is 14.1. The Hall–Kier alpha value is -2.23. The molecule has 2 aromatic rings. The van der Waals surface area contributed by atoms with Crippen molar-refractivity contribution in [3.05, 3.63) is 53.9 Å². The number of para-hydroxylation sites is 1. The monoisotopic (exact) mass is 270 g/mol. The van der Waals surface area contributed by atoms with Crippen LogP contribution in [0, 0.1) is 0 Å². The normalized spacial score (nSPS) is 17.9. The van der Waals surface area contributed by atoms with Crippen LogP contribution in [0.3, 0.4) is 0 Å². The predicted octanol–water partition coefficient (Wildman–Crippen LogP) is 2.34. The molecule has 4 nitrogen and oxygen atoms in total. The summed E-state index contributed by atoms with van der Waals surface area (Å²) in [4.78, 5) is 14.4. The van der Waals surface area contributed by atoms with Crippen molar-refractivity contribution in [2.24, 2.45) is 0 Å². The molecule has 1 aliphatic rings. The van der Waals surface area contributed by atoms with Crippen LogP contribution >= 0.6 is 0 Å². The molecule has 20 heavy (non-hydrogen) atoms. The van der Waals surface area contributed by atoms with Gasteiger partial charge in [0.15, 0.2) is 0 Å². The highest BCUT2D eigenvalue weighted by Crippen LogP contribution is 2.26. The van der Waals surface area contributed by atoms with E-state index in [0.717, 1.165) is 13.1 Å². The maximum Gasteiger partial charge on any atom is 0.227 e. The van der Waals surface area contributed by atoms with Crippen LogP contribution in [-0.2, 0) is 17.8 Å². The van der Waals surface area contributed by atoms with E-state index in [1.165, 1.54) is 5.69 Å². The standard InChI is InChI=1S/C16H18N2O2/c1-12-14-6-4-8-17(14)9-10-18(12)16(20)11-13-5-2-3-7-15(13)19/h2-8,12,19H,9-11H2,1H3/t12-/m0/s1. The molecule has 1 atom stereocenters. The first kappa shape index (κ1) is 12.8. The molecule has 4 heteroatoms. The van der Waals surface area contributed by atoms with E-state index in [1.807, 2.05) is 24.0 Å². The van der Waals surface area contributed by atoms with Gasteiger partial charge in [-0.05, 0) is 25.1 Å². The van der Waals surface area contributed by atoms with Gasteiger partial charge in [-0.15, -0.1) is 0 Å². The van der Waals surface area contributed by atoms with E-state index in [0.29, 0.717) is 5.56 Å². The van der Waals surface area contributed by atoms with Crippen LogP contribution in [-0.4, -0.2) is 27.0 Å². The van der Waals surface area contributed by atoms with E-state index in [1.54, 1.807) is 18.2 Å². The molecular weight excluding hydrogens is 252 g/mol. The summed E-state index contributed by atoms with van der Waals surface area (Å²) in [5.41, 5.74) is 1.85. The molecule has 0 unspecified atom stereocenters. The van der Waals surface area contributed by atoms with Gasteiger partial charge in [-0.1, -0.05) is 18.2 Å². The highest BCUT2D eigenvalue weighted by molar-refractivity contribution is 5.80. The number of carbonyl (C=O) groups is 1. The summed E-state index contributed by atoms with van der Waals surface area (Å²) in [6.07, 6.45) is 2.30. The number of amides is 1. The molecule has 1 aromatic heterocycles. The Kier molecular flexibility index (Phi) is 3.22. The molecule has 0 radical (unpaired) electrons. The van der Waals surface area contributed by atoms with E-state index in [-0.39, 0.29) is 24.1 Å². The maximum atomic E-state index is 12.5. The number of phenolic OH excluding ortho intramolecular Hbond substituents is 1. The molecule has 104 valence electrons. The van der Waals surface area contributed by atoms with E-state index >= 15 is 0 Å². The lowest BCUT2D eigenvalue weighted by atomic mass is 10.1. The van der Waals surface area contributed by atoms with Gasteiger partial charge in [0.05, 0.1) is 12.5 Å². The van der Waals surface area contributed by atoms with Crippen LogP contribution in [0.4, 0.5) is 0 Å². The Morgan fingerprint density at radius 2 is 2.05 bits per heavy atom. The number of aromatic nitrogens is 1. The molecule has 1 aromatic carbocycles. The molecule has 1 N–H and O–H groups in total. The third-order valence-corrected chi connectivity index (χ3v) is 4.00. The topological polar surface area (TPSA) is 45.5 Å². The second kappa shape index (κ2) is 5.04. The van der Waals surface area contributed by atoms with Gasteiger partial charge >= 0.3 is 0 Å². The van der Waals surface area contributed by atoms with Crippen molar-refractivity contribution in [2.75, 3.05) is 6.54 Å². The van der Waals surface area contributed by atoms with Crippen molar-refractivity contribution in [1.29, 1.82) is 0 Å². The lowest BCUT2D eigenvalue weighted by Gasteiger charge is -2.35. The van der Waals surface area contributed by atoms with Crippen LogP contribution in [0.1, 0.15) is 24.2 Å². The Balaban J connectivity index is 1.77. The van der Waals surface area contributed by atoms with Gasteiger partial charge in [0.1, 0.15) is 5.75 Å². The second-order valence-corrected chi connectivity index (χ2v) is 5.20. The summed E-state index contributed by atoms with van der Waals surface area (Å²) < 4.78 is 2.19. The highest BCUT2D eigenvalue weighted by Gasteiger charge is 2.27. The summed E-state index contributed by atoms with van der Waals surface area (Å²) in [5, 5.41) is 9.77. The fraction of sp³-hybridized carbons (Fsp3) is 0.312. The molecular formula is C16H18N2O2. The Morgan fingerprint density at radius 3 is 2.85 bits per heavy atom. The van der Waals surface area contributed by atoms with Crippen LogP contribution in [0.2, 0.25) is 0 Å². The van der Waals surface area contributed by atoms with E-state index in [9.17, 15) is 9.90 Å². The molecule has 1 aliphatic heterocycles. The predicted molar refractivity (Wildman–Crippen MR) is 76.4 cm³/mol. The van der Waals surface area contributed by atoms with Gasteiger partial charge in [-0.25, -0.2) is 0 Å². The Labute approximate surface area is 118 Å². The largest absolute Gasteiger partial charge is 0.508 e. The van der Waals surface area contributed by atoms with Gasteiger partial charge in [0, 0.05) is 30.5 Å². The molecule has 0 spiro atoms. The number of phenols is 1. The molecule has 0 saturated heterocycles. The molecule has 0 bridgehead atoms. The van der Waals surface area contributed by atoms with E-state index < -0.39 is 0 Å². The fourth-order valence-corrected chi connectivity index (χ4v) is 2.84. The van der Waals surface area contributed by atoms with Crippen LogP contribution in [0.5, 0.6) is 5.75 Å². The summed E-state index contributed by atoms with van der Waals surface area (Å²) in [6, 6.07) is 11.2. The number of aromatic hydroxyl groups is 1. The first-order chi connectivity index (χ1) is 9.66. The average Bonchev–Trinajstić information content (AvgIpc) is 2.91. The summed E-state index contributed by atoms with van der Waals surface area (Å²) in [7, 11) is 0. The summed E-state index contributed by atoms with van der Waals surface area (Å²) >= 11 is 0. The third kappa shape index (κ3) is 2.18. The minimum absolute atomic E-state index is 0.0615. The zero-order valence-electron chi connectivity index (χ0n) is 11.5. The first-order valence-electron chi connectivity index (χ1n) is 6.88. The molecule has 0 fully saturated rings. The zero-order valence-corrected chi connectivity index (χ0v) is 11.5. The molecule has 2 heterocycles. The SMILES string of the molecule is C[C@H]1c2cccn2CCN1C(=O)Cc1ccccc1O. The molecule has 1 amide bonds. The van der Waals surface area contributed by atoms with Crippen molar-refractivity contribution in [1.82, 2.24) is 9.47 Å². The number of nitrogens with zero attached hydrogens (tertiary/aromatic N) is 2. The van der Waals surface area contributed by atoms with Crippen LogP contribution < -0.4 is 0 Å². The lowest BCUT2D eigenvalue weighted by Crippen LogP contribution is -2.41. The number of rotatable bonds is 2. The summed E-state index contributed by atoms with van der Waals surface area (Å²) in [6.45, 7) is 3.60. The van der Waals surface area contributed by atoms with Gasteiger partial charge in [-0.3, -0.25) is 4.79 Å². The number of benzene rings is 1. The minimum Gasteiger partial charge on any atom is -0.508 e. The first-order valence-corrected chi connectivity index (χ1v) is 6.88. The van der Waals surface area contributed by atoms with Crippen LogP contribution in [0.15, 0.2) is 42.6 Å². The van der Waals surface area contributed by atoms with Gasteiger partial charge in [-0.2, -0.15) is 0 Å². The maximum absolute atomic E-state index is 12.5. The number of fused-ring (bicyclic) bond motifs is 1. The van der Waals surface area contributed by atoms with Crippen molar-refractivity contribution in [2.45, 2.75) is 25.9 Å². The van der Waals surface area contributed by atoms with Crippen molar-refractivity contribution >= 4 is 5.91 Å². The Bertz CT molecular complexity index is 633. The molecule has 3 rings (SSSR count). The number of carbonyl (C=O) groups excluding carboxylic acids is 1. The van der Waals surface area contributed by atoms with E-state index in [4.69, 9.17) is 0 Å². The average molecular weight is 270 g/mol. The quantitative estimate of drug-likeness (QED) is 0.910. The van der Waals surface area contributed by atoms with E-state index in [2.05, 4.69) is 16.8 Å². The smallest absolute Gasteiger partial charge is 0.227 e. The lowest BCUT2D eigenvalue weighted by molar-refractivity contribution is -0.133. The minimum atomic E-state index is 0.0615. The van der Waals surface area contributed by atoms with Crippen molar-refractivity contribution < 1.29 is 9.90 Å². The number of hydrogen-bond donors (Lipinski definition) is 1. The van der Waals surface area contributed by atoms with Crippen molar-refractivity contribution in [3.8, 4) is 5.75 Å². The third-order valence-electron chi connectivity index (χ3n) is 4.00. The highest BCUT2D eigenvalue weighted by atomic mass is 16.3. The molecule has 0 saturated carbocycles. The number of hydrogen-bond acceptors (Lipinski definition) is 2. The van der Waals surface area contributed by atoms with Crippen LogP contribution in [0.25, 0.3) is 0 Å².